The molecule has 0 radical (unpaired) electrons. The topological polar surface area (TPSA) is 49.9 Å². The summed E-state index contributed by atoms with van der Waals surface area (Å²) in [5.74, 6) is 0.163. The van der Waals surface area contributed by atoms with Crippen molar-refractivity contribution in [1.29, 1.82) is 0 Å². The van der Waals surface area contributed by atoms with E-state index < -0.39 is 0 Å². The third-order valence-electron chi connectivity index (χ3n) is 5.33. The summed E-state index contributed by atoms with van der Waals surface area (Å²) in [6.45, 7) is 3.19. The molecule has 1 aliphatic carbocycles. The molecular weight excluding hydrogens is 324 g/mol. The van der Waals surface area contributed by atoms with Crippen molar-refractivity contribution in [3.05, 3.63) is 21.4 Å². The van der Waals surface area contributed by atoms with Crippen LogP contribution in [0.15, 0.2) is 6.07 Å². The van der Waals surface area contributed by atoms with E-state index >= 15 is 0 Å². The molecular formula is C18H24N2O3S. The van der Waals surface area contributed by atoms with Crippen LogP contribution in [0.2, 0.25) is 0 Å². The van der Waals surface area contributed by atoms with Gasteiger partial charge in [0.15, 0.2) is 0 Å². The lowest BCUT2D eigenvalue weighted by atomic mass is 10.00. The van der Waals surface area contributed by atoms with Crippen molar-refractivity contribution in [3.63, 3.8) is 0 Å². The average Bonchev–Trinajstić information content (AvgIpc) is 3.23. The second-order valence-electron chi connectivity index (χ2n) is 6.86. The zero-order valence-corrected chi connectivity index (χ0v) is 14.8. The Bertz CT molecular complexity index is 615. The van der Waals surface area contributed by atoms with E-state index in [1.807, 2.05) is 9.80 Å². The molecule has 5 nitrogen and oxygen atoms in total. The molecule has 0 aromatic carbocycles. The summed E-state index contributed by atoms with van der Waals surface area (Å²) in [6.07, 6.45) is 6.19. The number of rotatable bonds is 2. The van der Waals surface area contributed by atoms with Crippen LogP contribution < -0.4 is 0 Å². The lowest BCUT2D eigenvalue weighted by molar-refractivity contribution is -0.141. The molecule has 0 saturated carbocycles. The molecule has 2 fully saturated rings. The summed E-state index contributed by atoms with van der Waals surface area (Å²) in [7, 11) is 0. The van der Waals surface area contributed by atoms with Crippen molar-refractivity contribution in [2.45, 2.75) is 44.6 Å². The smallest absolute Gasteiger partial charge is 0.264 e. The van der Waals surface area contributed by atoms with Gasteiger partial charge in [-0.3, -0.25) is 9.59 Å². The normalized spacial score (nSPS) is 24.1. The van der Waals surface area contributed by atoms with E-state index in [9.17, 15) is 9.59 Å². The van der Waals surface area contributed by atoms with Crippen LogP contribution in [0, 0.1) is 0 Å². The number of likely N-dealkylation sites (tertiary alicyclic amines) is 1. The van der Waals surface area contributed by atoms with Crippen LogP contribution in [-0.4, -0.2) is 60.5 Å². The molecule has 0 bridgehead atoms. The molecule has 24 heavy (non-hydrogen) atoms. The maximum Gasteiger partial charge on any atom is 0.264 e. The molecule has 1 aromatic heterocycles. The Morgan fingerprint density at radius 1 is 1.08 bits per heavy atom. The number of fused-ring (bicyclic) bond motifs is 1. The Morgan fingerprint density at radius 3 is 2.71 bits per heavy atom. The van der Waals surface area contributed by atoms with Crippen LogP contribution in [0.1, 0.15) is 45.8 Å². The molecule has 6 heteroatoms. The van der Waals surface area contributed by atoms with Crippen LogP contribution in [-0.2, 0) is 22.4 Å². The first-order chi connectivity index (χ1) is 11.7. The zero-order chi connectivity index (χ0) is 16.5. The first-order valence-electron chi connectivity index (χ1n) is 9.03. The number of nitrogens with zero attached hydrogens (tertiary/aromatic N) is 2. The molecule has 1 atom stereocenters. The van der Waals surface area contributed by atoms with Gasteiger partial charge >= 0.3 is 0 Å². The Hall–Kier alpha value is -1.40. The monoisotopic (exact) mass is 348 g/mol. The number of aryl methyl sites for hydroxylation is 2. The first-order valence-corrected chi connectivity index (χ1v) is 9.85. The molecule has 2 saturated heterocycles. The molecule has 0 unspecified atom stereocenters. The fourth-order valence-corrected chi connectivity index (χ4v) is 5.21. The van der Waals surface area contributed by atoms with Gasteiger partial charge in [-0.15, -0.1) is 11.3 Å². The molecule has 3 aliphatic rings. The average molecular weight is 348 g/mol. The fourth-order valence-electron chi connectivity index (χ4n) is 4.00. The number of piperidine rings is 1. The predicted molar refractivity (Wildman–Crippen MR) is 92.4 cm³/mol. The summed E-state index contributed by atoms with van der Waals surface area (Å²) in [6, 6.07) is 1.78. The van der Waals surface area contributed by atoms with Crippen molar-refractivity contribution in [1.82, 2.24) is 9.80 Å². The third-order valence-corrected chi connectivity index (χ3v) is 6.55. The predicted octanol–water partition coefficient (Wildman–Crippen LogP) is 2.09. The van der Waals surface area contributed by atoms with Crippen LogP contribution in [0.4, 0.5) is 0 Å². The zero-order valence-electron chi connectivity index (χ0n) is 14.0. The summed E-state index contributed by atoms with van der Waals surface area (Å²) in [5, 5.41) is 0. The largest absolute Gasteiger partial charge is 0.378 e. The van der Waals surface area contributed by atoms with E-state index in [2.05, 4.69) is 6.07 Å². The minimum absolute atomic E-state index is 0.0562. The maximum atomic E-state index is 13.0. The molecule has 0 N–H and O–H groups in total. The SMILES string of the molecule is O=C([C@@H]1CCCCN1C(=O)c1cc2c(s1)CCC2)N1CCOCC1. The second-order valence-corrected chi connectivity index (χ2v) is 8.00. The summed E-state index contributed by atoms with van der Waals surface area (Å²) >= 11 is 1.64. The molecule has 130 valence electrons. The van der Waals surface area contributed by atoms with Gasteiger partial charge in [-0.05, 0) is 50.2 Å². The van der Waals surface area contributed by atoms with Crippen molar-refractivity contribution < 1.29 is 14.3 Å². The molecule has 2 aliphatic heterocycles. The first kappa shape index (κ1) is 16.1. The quantitative estimate of drug-likeness (QED) is 0.822. The second kappa shape index (κ2) is 6.84. The van der Waals surface area contributed by atoms with Gasteiger partial charge in [-0.1, -0.05) is 0 Å². The van der Waals surface area contributed by atoms with E-state index in [-0.39, 0.29) is 17.9 Å². The van der Waals surface area contributed by atoms with Gasteiger partial charge in [0, 0.05) is 24.5 Å². The third kappa shape index (κ3) is 2.97. The van der Waals surface area contributed by atoms with Gasteiger partial charge in [-0.25, -0.2) is 0 Å². The molecule has 3 heterocycles. The summed E-state index contributed by atoms with van der Waals surface area (Å²) in [5.41, 5.74) is 1.34. The van der Waals surface area contributed by atoms with Gasteiger partial charge in [0.05, 0.1) is 18.1 Å². The standard InChI is InChI=1S/C18H24N2O3S/c21-17(19-8-10-23-11-9-19)14-5-1-2-7-20(14)18(22)16-12-13-4-3-6-15(13)24-16/h12,14H,1-11H2/t14-/m0/s1. The highest BCUT2D eigenvalue weighted by Gasteiger charge is 2.36. The number of thiophene rings is 1. The van der Waals surface area contributed by atoms with Crippen molar-refractivity contribution >= 4 is 23.2 Å². The lowest BCUT2D eigenvalue weighted by Gasteiger charge is -2.38. The van der Waals surface area contributed by atoms with Crippen molar-refractivity contribution in [3.8, 4) is 0 Å². The van der Waals surface area contributed by atoms with Crippen LogP contribution in [0.3, 0.4) is 0 Å². The molecule has 0 spiro atoms. The highest BCUT2D eigenvalue weighted by Crippen LogP contribution is 2.32. The Morgan fingerprint density at radius 2 is 1.92 bits per heavy atom. The molecule has 2 amide bonds. The van der Waals surface area contributed by atoms with Gasteiger partial charge in [0.2, 0.25) is 5.91 Å². The van der Waals surface area contributed by atoms with E-state index in [0.29, 0.717) is 32.8 Å². The molecule has 1 aromatic rings. The summed E-state index contributed by atoms with van der Waals surface area (Å²) in [4.78, 5) is 31.9. The fraction of sp³-hybridized carbons (Fsp3) is 0.667. The van der Waals surface area contributed by atoms with E-state index in [0.717, 1.165) is 37.0 Å². The minimum atomic E-state index is -0.290. The van der Waals surface area contributed by atoms with E-state index in [1.165, 1.54) is 16.9 Å². The molecule has 4 rings (SSSR count). The van der Waals surface area contributed by atoms with Crippen molar-refractivity contribution in [2.75, 3.05) is 32.8 Å². The number of ether oxygens (including phenoxy) is 1. The van der Waals surface area contributed by atoms with E-state index in [4.69, 9.17) is 4.74 Å². The number of amides is 2. The van der Waals surface area contributed by atoms with Gasteiger partial charge in [0.1, 0.15) is 6.04 Å². The van der Waals surface area contributed by atoms with E-state index in [1.54, 1.807) is 11.3 Å². The highest BCUT2D eigenvalue weighted by atomic mass is 32.1. The summed E-state index contributed by atoms with van der Waals surface area (Å²) < 4.78 is 5.34. The van der Waals surface area contributed by atoms with Crippen LogP contribution >= 0.6 is 11.3 Å². The van der Waals surface area contributed by atoms with Crippen LogP contribution in [0.25, 0.3) is 0 Å². The number of carbonyl (C=O) groups excluding carboxylic acids is 2. The van der Waals surface area contributed by atoms with Crippen LogP contribution in [0.5, 0.6) is 0 Å². The number of morpholine rings is 1. The number of hydrogen-bond acceptors (Lipinski definition) is 4. The number of carbonyl (C=O) groups is 2. The van der Waals surface area contributed by atoms with Gasteiger partial charge < -0.3 is 14.5 Å². The van der Waals surface area contributed by atoms with Crippen molar-refractivity contribution in [2.24, 2.45) is 0 Å². The minimum Gasteiger partial charge on any atom is -0.378 e. The Kier molecular flexibility index (Phi) is 4.59. The number of hydrogen-bond donors (Lipinski definition) is 0. The Labute approximate surface area is 146 Å². The highest BCUT2D eigenvalue weighted by molar-refractivity contribution is 7.14. The van der Waals surface area contributed by atoms with Gasteiger partial charge in [-0.2, -0.15) is 0 Å². The lowest BCUT2D eigenvalue weighted by Crippen LogP contribution is -2.55. The Balaban J connectivity index is 1.52. The van der Waals surface area contributed by atoms with Gasteiger partial charge in [0.25, 0.3) is 5.91 Å². The maximum absolute atomic E-state index is 13.0.